The van der Waals surface area contributed by atoms with Crippen molar-refractivity contribution >= 4 is 11.0 Å². The van der Waals surface area contributed by atoms with Crippen molar-refractivity contribution in [3.8, 4) is 11.4 Å². The van der Waals surface area contributed by atoms with Crippen LogP contribution in [0.3, 0.4) is 0 Å². The highest BCUT2D eigenvalue weighted by Crippen LogP contribution is 2.27. The fourth-order valence-electron chi connectivity index (χ4n) is 3.74. The van der Waals surface area contributed by atoms with Crippen LogP contribution >= 0.6 is 0 Å². The quantitative estimate of drug-likeness (QED) is 0.356. The molecule has 0 aliphatic heterocycles. The lowest BCUT2D eigenvalue weighted by molar-refractivity contribution is 0.549. The van der Waals surface area contributed by atoms with E-state index in [4.69, 9.17) is 4.98 Å². The van der Waals surface area contributed by atoms with Gasteiger partial charge in [-0.1, -0.05) is 88.3 Å². The van der Waals surface area contributed by atoms with Crippen LogP contribution in [-0.2, 0) is 6.54 Å². The summed E-state index contributed by atoms with van der Waals surface area (Å²) in [6.45, 7) is 5.51. The first-order valence-corrected chi connectivity index (χ1v) is 10.3. The molecule has 0 amide bonds. The van der Waals surface area contributed by atoms with Gasteiger partial charge in [0.05, 0.1) is 11.0 Å². The third kappa shape index (κ3) is 4.55. The summed E-state index contributed by atoms with van der Waals surface area (Å²) in [5, 5.41) is 0. The van der Waals surface area contributed by atoms with Crippen molar-refractivity contribution in [1.29, 1.82) is 0 Å². The van der Waals surface area contributed by atoms with Gasteiger partial charge in [-0.15, -0.1) is 0 Å². The van der Waals surface area contributed by atoms with E-state index in [1.165, 1.54) is 68.0 Å². The predicted molar refractivity (Wildman–Crippen MR) is 113 cm³/mol. The molecule has 138 valence electrons. The molecule has 0 unspecified atom stereocenters. The van der Waals surface area contributed by atoms with Gasteiger partial charge in [-0.3, -0.25) is 0 Å². The van der Waals surface area contributed by atoms with E-state index in [1.54, 1.807) is 0 Å². The van der Waals surface area contributed by atoms with Crippen LogP contribution in [0.1, 0.15) is 63.9 Å². The van der Waals surface area contributed by atoms with Crippen LogP contribution in [0, 0.1) is 6.92 Å². The maximum absolute atomic E-state index is 4.96. The summed E-state index contributed by atoms with van der Waals surface area (Å²) in [4.78, 5) is 4.96. The number of nitrogens with zero attached hydrogens (tertiary/aromatic N) is 2. The Morgan fingerprint density at radius 1 is 0.769 bits per heavy atom. The third-order valence-corrected chi connectivity index (χ3v) is 5.28. The summed E-state index contributed by atoms with van der Waals surface area (Å²) < 4.78 is 2.43. The Morgan fingerprint density at radius 3 is 2.19 bits per heavy atom. The Kier molecular flexibility index (Phi) is 6.88. The van der Waals surface area contributed by atoms with Crippen molar-refractivity contribution in [1.82, 2.24) is 9.55 Å². The Morgan fingerprint density at radius 2 is 1.42 bits per heavy atom. The van der Waals surface area contributed by atoms with Crippen LogP contribution in [0.4, 0.5) is 0 Å². The first-order chi connectivity index (χ1) is 12.8. The van der Waals surface area contributed by atoms with E-state index in [9.17, 15) is 0 Å². The zero-order valence-corrected chi connectivity index (χ0v) is 16.4. The summed E-state index contributed by atoms with van der Waals surface area (Å²) in [5.41, 5.74) is 4.90. The van der Waals surface area contributed by atoms with E-state index in [1.807, 2.05) is 0 Å². The zero-order chi connectivity index (χ0) is 18.2. The van der Waals surface area contributed by atoms with Crippen LogP contribution in [0.2, 0.25) is 0 Å². The first-order valence-electron chi connectivity index (χ1n) is 10.3. The van der Waals surface area contributed by atoms with E-state index in [-0.39, 0.29) is 0 Å². The van der Waals surface area contributed by atoms with Gasteiger partial charge in [-0.25, -0.2) is 4.98 Å². The smallest absolute Gasteiger partial charge is 0.141 e. The molecule has 2 aromatic carbocycles. The van der Waals surface area contributed by atoms with Gasteiger partial charge in [0.25, 0.3) is 0 Å². The third-order valence-electron chi connectivity index (χ3n) is 5.28. The molecular weight excluding hydrogens is 316 g/mol. The lowest BCUT2D eigenvalue weighted by atomic mass is 10.1. The minimum absolute atomic E-state index is 1.05. The van der Waals surface area contributed by atoms with Gasteiger partial charge < -0.3 is 4.57 Å². The van der Waals surface area contributed by atoms with E-state index >= 15 is 0 Å². The summed E-state index contributed by atoms with van der Waals surface area (Å²) in [6, 6.07) is 17.1. The number of fused-ring (bicyclic) bond motifs is 1. The zero-order valence-electron chi connectivity index (χ0n) is 16.4. The van der Waals surface area contributed by atoms with Crippen molar-refractivity contribution in [3.63, 3.8) is 0 Å². The number of imidazole rings is 1. The number of aromatic nitrogens is 2. The molecule has 3 aromatic rings. The number of benzene rings is 2. The molecule has 3 rings (SSSR count). The van der Waals surface area contributed by atoms with Gasteiger partial charge >= 0.3 is 0 Å². The van der Waals surface area contributed by atoms with Crippen molar-refractivity contribution in [2.24, 2.45) is 0 Å². The highest BCUT2D eigenvalue weighted by molar-refractivity contribution is 5.81. The number of hydrogen-bond acceptors (Lipinski definition) is 1. The van der Waals surface area contributed by atoms with Gasteiger partial charge in [0.2, 0.25) is 0 Å². The molecule has 0 saturated heterocycles. The molecule has 0 N–H and O–H groups in total. The molecule has 0 aliphatic carbocycles. The molecule has 1 heterocycles. The van der Waals surface area contributed by atoms with Gasteiger partial charge in [-0.05, 0) is 31.0 Å². The minimum atomic E-state index is 1.05. The minimum Gasteiger partial charge on any atom is -0.324 e. The molecule has 2 nitrogen and oxygen atoms in total. The molecule has 0 aliphatic rings. The Labute approximate surface area is 158 Å². The maximum Gasteiger partial charge on any atom is 0.141 e. The number of aryl methyl sites for hydroxylation is 2. The van der Waals surface area contributed by atoms with Gasteiger partial charge in [0.1, 0.15) is 5.82 Å². The summed E-state index contributed by atoms with van der Waals surface area (Å²) in [5.74, 6) is 1.12. The Bertz CT molecular complexity index is 816. The van der Waals surface area contributed by atoms with E-state index < -0.39 is 0 Å². The molecule has 2 heteroatoms. The fourth-order valence-corrected chi connectivity index (χ4v) is 3.74. The largest absolute Gasteiger partial charge is 0.324 e. The fraction of sp³-hybridized carbons (Fsp3) is 0.458. The monoisotopic (exact) mass is 348 g/mol. The topological polar surface area (TPSA) is 17.8 Å². The number of unbranched alkanes of at least 4 members (excludes halogenated alkanes) is 7. The van der Waals surface area contributed by atoms with Crippen LogP contribution in [0.5, 0.6) is 0 Å². The summed E-state index contributed by atoms with van der Waals surface area (Å²) >= 11 is 0. The highest BCUT2D eigenvalue weighted by atomic mass is 15.1. The van der Waals surface area contributed by atoms with E-state index in [2.05, 4.69) is 66.9 Å². The van der Waals surface area contributed by atoms with E-state index in [0.29, 0.717) is 0 Å². The maximum atomic E-state index is 4.96. The summed E-state index contributed by atoms with van der Waals surface area (Å²) in [7, 11) is 0. The van der Waals surface area contributed by atoms with Crippen molar-refractivity contribution < 1.29 is 0 Å². The molecule has 0 spiro atoms. The normalized spacial score (nSPS) is 11.3. The molecule has 1 aromatic heterocycles. The highest BCUT2D eigenvalue weighted by Gasteiger charge is 2.13. The molecule has 26 heavy (non-hydrogen) atoms. The van der Waals surface area contributed by atoms with Crippen LogP contribution in [-0.4, -0.2) is 9.55 Å². The van der Waals surface area contributed by atoms with Crippen molar-refractivity contribution in [2.45, 2.75) is 71.8 Å². The first kappa shape index (κ1) is 18.7. The molecule has 0 saturated carbocycles. The standard InChI is InChI=1S/C24H32N2/c1-3-4-5-6-7-8-9-14-19-26-23-18-13-12-17-22(23)25-24(26)21-16-11-10-15-20(21)2/h10-13,15-18H,3-9,14,19H2,1-2H3. The average Bonchev–Trinajstić information content (AvgIpc) is 3.03. The number of rotatable bonds is 10. The van der Waals surface area contributed by atoms with Crippen LogP contribution in [0.15, 0.2) is 48.5 Å². The van der Waals surface area contributed by atoms with Crippen LogP contribution in [0.25, 0.3) is 22.4 Å². The molecule has 0 radical (unpaired) electrons. The second-order valence-corrected chi connectivity index (χ2v) is 7.37. The lowest BCUT2D eigenvalue weighted by Gasteiger charge is -2.11. The summed E-state index contributed by atoms with van der Waals surface area (Å²) in [6.07, 6.45) is 10.8. The van der Waals surface area contributed by atoms with Crippen LogP contribution < -0.4 is 0 Å². The number of hydrogen-bond donors (Lipinski definition) is 0. The van der Waals surface area contributed by atoms with Gasteiger partial charge in [0.15, 0.2) is 0 Å². The Balaban J connectivity index is 1.69. The average molecular weight is 349 g/mol. The molecular formula is C24H32N2. The number of para-hydroxylation sites is 2. The second kappa shape index (κ2) is 9.56. The van der Waals surface area contributed by atoms with E-state index in [0.717, 1.165) is 17.9 Å². The Hall–Kier alpha value is -2.09. The lowest BCUT2D eigenvalue weighted by Crippen LogP contribution is -2.02. The molecule has 0 bridgehead atoms. The van der Waals surface area contributed by atoms with Gasteiger partial charge in [0, 0.05) is 12.1 Å². The molecule has 0 fully saturated rings. The predicted octanol–water partition coefficient (Wildman–Crippen LogP) is 7.15. The SMILES string of the molecule is CCCCCCCCCCn1c(-c2ccccc2C)nc2ccccc21. The van der Waals surface area contributed by atoms with Crippen molar-refractivity contribution in [2.75, 3.05) is 0 Å². The van der Waals surface area contributed by atoms with Crippen molar-refractivity contribution in [3.05, 3.63) is 54.1 Å². The second-order valence-electron chi connectivity index (χ2n) is 7.37. The van der Waals surface area contributed by atoms with Gasteiger partial charge in [-0.2, -0.15) is 0 Å². The molecule has 0 atom stereocenters.